The van der Waals surface area contributed by atoms with Crippen LogP contribution in [0.5, 0.6) is 0 Å². The zero-order valence-corrected chi connectivity index (χ0v) is 16.3. The number of hydrogen-bond donors (Lipinski definition) is 2. The molecule has 1 atom stereocenters. The van der Waals surface area contributed by atoms with E-state index in [4.69, 9.17) is 0 Å². The van der Waals surface area contributed by atoms with Crippen LogP contribution in [0.2, 0.25) is 0 Å². The molecule has 0 aliphatic carbocycles. The van der Waals surface area contributed by atoms with E-state index >= 15 is 0 Å². The summed E-state index contributed by atoms with van der Waals surface area (Å²) in [6.45, 7) is 2.08. The highest BCUT2D eigenvalue weighted by atomic mass is 35.5. The van der Waals surface area contributed by atoms with Gasteiger partial charge in [-0.15, -0.1) is 12.4 Å². The highest BCUT2D eigenvalue weighted by molar-refractivity contribution is 5.85. The van der Waals surface area contributed by atoms with E-state index in [1.165, 1.54) is 6.07 Å². The van der Waals surface area contributed by atoms with Crippen molar-refractivity contribution in [2.45, 2.75) is 38.1 Å². The zero-order valence-electron chi connectivity index (χ0n) is 15.5. The highest BCUT2D eigenvalue weighted by Crippen LogP contribution is 2.23. The summed E-state index contributed by atoms with van der Waals surface area (Å²) in [6, 6.07) is 16.3. The molecule has 1 aliphatic rings. The first-order valence-electron chi connectivity index (χ1n) is 9.51. The van der Waals surface area contributed by atoms with E-state index in [0.29, 0.717) is 24.3 Å². The van der Waals surface area contributed by atoms with Crippen LogP contribution in [0.15, 0.2) is 54.6 Å². The largest absolute Gasteiger partial charge is 0.349 e. The van der Waals surface area contributed by atoms with Crippen molar-refractivity contribution < 1.29 is 9.18 Å². The van der Waals surface area contributed by atoms with E-state index in [-0.39, 0.29) is 30.2 Å². The summed E-state index contributed by atoms with van der Waals surface area (Å²) in [5.74, 6) is 0.350. The van der Waals surface area contributed by atoms with Gasteiger partial charge < -0.3 is 10.6 Å². The summed E-state index contributed by atoms with van der Waals surface area (Å²) >= 11 is 0. The Balaban J connectivity index is 0.00000261. The lowest BCUT2D eigenvalue weighted by Gasteiger charge is -2.23. The van der Waals surface area contributed by atoms with E-state index in [1.807, 2.05) is 36.4 Å². The SMILES string of the molecule is Cl.O=C(CCC1CCNCC1)NC(Cc1ccccc1)c1ccccc1F. The monoisotopic (exact) mass is 390 g/mol. The lowest BCUT2D eigenvalue weighted by Crippen LogP contribution is -2.32. The summed E-state index contributed by atoms with van der Waals surface area (Å²) < 4.78 is 14.3. The molecule has 3 rings (SSSR count). The molecular weight excluding hydrogens is 363 g/mol. The molecule has 5 heteroatoms. The van der Waals surface area contributed by atoms with Crippen LogP contribution in [-0.4, -0.2) is 19.0 Å². The summed E-state index contributed by atoms with van der Waals surface area (Å²) in [6.07, 6.45) is 4.26. The van der Waals surface area contributed by atoms with Crippen molar-refractivity contribution in [3.8, 4) is 0 Å². The molecule has 1 fully saturated rings. The maximum atomic E-state index is 14.3. The van der Waals surface area contributed by atoms with E-state index in [2.05, 4.69) is 10.6 Å². The van der Waals surface area contributed by atoms with Gasteiger partial charge in [0.25, 0.3) is 0 Å². The number of benzene rings is 2. The van der Waals surface area contributed by atoms with Crippen molar-refractivity contribution in [1.82, 2.24) is 10.6 Å². The first-order chi connectivity index (χ1) is 12.7. The third-order valence-corrected chi connectivity index (χ3v) is 5.14. The topological polar surface area (TPSA) is 41.1 Å². The molecule has 1 heterocycles. The van der Waals surface area contributed by atoms with Gasteiger partial charge in [-0.3, -0.25) is 4.79 Å². The Kier molecular flexibility index (Phi) is 8.76. The molecule has 3 nitrogen and oxygen atoms in total. The molecule has 2 aromatic carbocycles. The van der Waals surface area contributed by atoms with E-state index < -0.39 is 0 Å². The number of halogens is 2. The molecule has 1 amide bonds. The average Bonchev–Trinajstić information content (AvgIpc) is 2.68. The Morgan fingerprint density at radius 3 is 2.44 bits per heavy atom. The molecule has 2 aromatic rings. The first-order valence-corrected chi connectivity index (χ1v) is 9.51. The molecule has 0 aromatic heterocycles. The molecule has 0 bridgehead atoms. The van der Waals surface area contributed by atoms with Crippen LogP contribution >= 0.6 is 12.4 Å². The van der Waals surface area contributed by atoms with Crippen molar-refractivity contribution in [2.75, 3.05) is 13.1 Å². The Morgan fingerprint density at radius 2 is 1.74 bits per heavy atom. The Morgan fingerprint density at radius 1 is 1.07 bits per heavy atom. The quantitative estimate of drug-likeness (QED) is 0.734. The molecule has 1 unspecified atom stereocenters. The number of carbonyl (C=O) groups is 1. The predicted molar refractivity (Wildman–Crippen MR) is 110 cm³/mol. The van der Waals surface area contributed by atoms with Crippen LogP contribution in [0.4, 0.5) is 4.39 Å². The third kappa shape index (κ3) is 6.64. The molecule has 0 spiro atoms. The van der Waals surface area contributed by atoms with Gasteiger partial charge >= 0.3 is 0 Å². The van der Waals surface area contributed by atoms with Crippen LogP contribution in [0.3, 0.4) is 0 Å². The highest BCUT2D eigenvalue weighted by Gasteiger charge is 2.20. The zero-order chi connectivity index (χ0) is 18.2. The fourth-order valence-electron chi connectivity index (χ4n) is 3.62. The minimum atomic E-state index is -0.348. The normalized spacial score (nSPS) is 15.6. The number of carbonyl (C=O) groups excluding carboxylic acids is 1. The smallest absolute Gasteiger partial charge is 0.220 e. The van der Waals surface area contributed by atoms with Crippen molar-refractivity contribution >= 4 is 18.3 Å². The summed E-state index contributed by atoms with van der Waals surface area (Å²) in [5, 5.41) is 6.42. The Hall–Kier alpha value is -1.91. The molecule has 0 radical (unpaired) electrons. The summed E-state index contributed by atoms with van der Waals surface area (Å²) in [7, 11) is 0. The van der Waals surface area contributed by atoms with Gasteiger partial charge in [0.1, 0.15) is 5.82 Å². The van der Waals surface area contributed by atoms with Gasteiger partial charge in [-0.2, -0.15) is 0 Å². The Bertz CT molecular complexity index is 704. The number of hydrogen-bond acceptors (Lipinski definition) is 2. The van der Waals surface area contributed by atoms with Crippen LogP contribution in [-0.2, 0) is 11.2 Å². The molecule has 1 aliphatic heterocycles. The fraction of sp³-hybridized carbons (Fsp3) is 0.409. The van der Waals surface area contributed by atoms with Crippen LogP contribution in [0.1, 0.15) is 42.9 Å². The molecule has 0 saturated carbocycles. The van der Waals surface area contributed by atoms with Gasteiger partial charge in [0.05, 0.1) is 6.04 Å². The van der Waals surface area contributed by atoms with Gasteiger partial charge in [-0.25, -0.2) is 4.39 Å². The first kappa shape index (κ1) is 21.4. The van der Waals surface area contributed by atoms with Crippen molar-refractivity contribution in [1.29, 1.82) is 0 Å². The molecule has 146 valence electrons. The number of rotatable bonds is 7. The van der Waals surface area contributed by atoms with Crippen molar-refractivity contribution in [3.63, 3.8) is 0 Å². The lowest BCUT2D eigenvalue weighted by atomic mass is 9.92. The van der Waals surface area contributed by atoms with Crippen LogP contribution in [0.25, 0.3) is 0 Å². The molecule has 2 N–H and O–H groups in total. The summed E-state index contributed by atoms with van der Waals surface area (Å²) in [4.78, 5) is 12.5. The average molecular weight is 391 g/mol. The lowest BCUT2D eigenvalue weighted by molar-refractivity contribution is -0.122. The molecular formula is C22H28ClFN2O. The van der Waals surface area contributed by atoms with E-state index in [9.17, 15) is 9.18 Å². The number of nitrogens with one attached hydrogen (secondary N) is 2. The van der Waals surface area contributed by atoms with Gasteiger partial charge in [0.2, 0.25) is 5.91 Å². The second-order valence-corrected chi connectivity index (χ2v) is 7.06. The van der Waals surface area contributed by atoms with Gasteiger partial charge in [0, 0.05) is 12.0 Å². The minimum Gasteiger partial charge on any atom is -0.349 e. The van der Waals surface area contributed by atoms with Gasteiger partial charge in [0.15, 0.2) is 0 Å². The van der Waals surface area contributed by atoms with Crippen molar-refractivity contribution in [3.05, 3.63) is 71.5 Å². The van der Waals surface area contributed by atoms with E-state index in [1.54, 1.807) is 12.1 Å². The van der Waals surface area contributed by atoms with E-state index in [0.717, 1.165) is 37.9 Å². The second kappa shape index (κ2) is 11.1. The fourth-order valence-corrected chi connectivity index (χ4v) is 3.62. The number of piperidine rings is 1. The maximum absolute atomic E-state index is 14.3. The Labute approximate surface area is 167 Å². The van der Waals surface area contributed by atoms with Crippen LogP contribution < -0.4 is 10.6 Å². The van der Waals surface area contributed by atoms with Crippen molar-refractivity contribution in [2.24, 2.45) is 5.92 Å². The minimum absolute atomic E-state index is 0. The second-order valence-electron chi connectivity index (χ2n) is 7.06. The number of amides is 1. The predicted octanol–water partition coefficient (Wildman–Crippen LogP) is 4.43. The maximum Gasteiger partial charge on any atom is 0.220 e. The van der Waals surface area contributed by atoms with Gasteiger partial charge in [-0.05, 0) is 56.3 Å². The van der Waals surface area contributed by atoms with Gasteiger partial charge in [-0.1, -0.05) is 48.5 Å². The summed E-state index contributed by atoms with van der Waals surface area (Å²) in [5.41, 5.74) is 1.63. The third-order valence-electron chi connectivity index (χ3n) is 5.14. The molecule has 27 heavy (non-hydrogen) atoms. The van der Waals surface area contributed by atoms with Crippen LogP contribution in [0, 0.1) is 11.7 Å². The molecule has 1 saturated heterocycles. The standard InChI is InChI=1S/C22H27FN2O.ClH/c23-20-9-5-4-8-19(20)21(16-18-6-2-1-3-7-18)25-22(26)11-10-17-12-14-24-15-13-17;/h1-9,17,21,24H,10-16H2,(H,25,26);1H.